The monoisotopic (exact) mass is 222 g/mol. The maximum absolute atomic E-state index is 13.5. The van der Waals surface area contributed by atoms with Crippen LogP contribution in [0.1, 0.15) is 38.2 Å². The van der Waals surface area contributed by atoms with E-state index in [4.69, 9.17) is 0 Å². The predicted octanol–water partition coefficient (Wildman–Crippen LogP) is 3.31. The maximum atomic E-state index is 13.5. The largest absolute Gasteiger partial charge is 0.392 e. The highest BCUT2D eigenvalue weighted by atomic mass is 19.1. The molecule has 0 saturated heterocycles. The van der Waals surface area contributed by atoms with Gasteiger partial charge in [0.25, 0.3) is 0 Å². The van der Waals surface area contributed by atoms with E-state index >= 15 is 0 Å². The molecule has 1 unspecified atom stereocenters. The molecule has 0 radical (unpaired) electrons. The Labute approximate surface area is 96.3 Å². The highest BCUT2D eigenvalue weighted by Gasteiger charge is 2.36. The van der Waals surface area contributed by atoms with Gasteiger partial charge in [-0.2, -0.15) is 0 Å². The molecular weight excluding hydrogens is 203 g/mol. The summed E-state index contributed by atoms with van der Waals surface area (Å²) in [6.45, 7) is 2.12. The summed E-state index contributed by atoms with van der Waals surface area (Å²) in [7, 11) is 0. The number of aliphatic hydroxyl groups is 1. The summed E-state index contributed by atoms with van der Waals surface area (Å²) in [6, 6.07) is 6.72. The van der Waals surface area contributed by atoms with Gasteiger partial charge in [0.1, 0.15) is 5.82 Å². The van der Waals surface area contributed by atoms with Crippen LogP contribution in [0.2, 0.25) is 0 Å². The van der Waals surface area contributed by atoms with Crippen molar-refractivity contribution >= 4 is 0 Å². The summed E-state index contributed by atoms with van der Waals surface area (Å²) in [4.78, 5) is 0. The lowest BCUT2D eigenvalue weighted by Crippen LogP contribution is -2.31. The van der Waals surface area contributed by atoms with E-state index in [9.17, 15) is 9.50 Å². The van der Waals surface area contributed by atoms with Crippen molar-refractivity contribution < 1.29 is 9.50 Å². The molecule has 2 rings (SSSR count). The van der Waals surface area contributed by atoms with E-state index in [1.807, 2.05) is 6.07 Å². The average Bonchev–Trinajstić information content (AvgIpc) is 2.70. The van der Waals surface area contributed by atoms with Gasteiger partial charge in [-0.25, -0.2) is 4.39 Å². The summed E-state index contributed by atoms with van der Waals surface area (Å²) in [5, 5.41) is 10.2. The summed E-state index contributed by atoms with van der Waals surface area (Å²) in [5.74, 6) is -0.205. The minimum absolute atomic E-state index is 0.0116. The second-order valence-electron chi connectivity index (χ2n) is 5.17. The summed E-state index contributed by atoms with van der Waals surface area (Å²) in [6.07, 6.45) is 4.50. The third kappa shape index (κ3) is 2.27. The van der Waals surface area contributed by atoms with Crippen molar-refractivity contribution in [3.8, 4) is 0 Å². The molecule has 0 amide bonds. The molecular formula is C14H19FO. The van der Waals surface area contributed by atoms with Gasteiger partial charge >= 0.3 is 0 Å². The molecule has 1 aromatic carbocycles. The van der Waals surface area contributed by atoms with Crippen LogP contribution in [0, 0.1) is 11.2 Å². The van der Waals surface area contributed by atoms with E-state index < -0.39 is 6.10 Å². The molecule has 1 nitrogen and oxygen atoms in total. The van der Waals surface area contributed by atoms with Gasteiger partial charge < -0.3 is 5.11 Å². The Kier molecular flexibility index (Phi) is 3.29. The van der Waals surface area contributed by atoms with Crippen LogP contribution in [-0.4, -0.2) is 11.2 Å². The Hall–Kier alpha value is -0.890. The number of hydrogen-bond donors (Lipinski definition) is 1. The van der Waals surface area contributed by atoms with Crippen molar-refractivity contribution in [1.29, 1.82) is 0 Å². The first-order valence-corrected chi connectivity index (χ1v) is 6.03. The van der Waals surface area contributed by atoms with Crippen molar-refractivity contribution in [2.45, 2.75) is 45.1 Å². The number of rotatable bonds is 3. The van der Waals surface area contributed by atoms with Crippen molar-refractivity contribution in [2.24, 2.45) is 5.41 Å². The molecule has 1 saturated carbocycles. The van der Waals surface area contributed by atoms with E-state index in [1.54, 1.807) is 12.1 Å². The first-order chi connectivity index (χ1) is 7.62. The maximum Gasteiger partial charge on any atom is 0.126 e. The molecule has 88 valence electrons. The molecule has 1 fully saturated rings. The second kappa shape index (κ2) is 4.54. The second-order valence-corrected chi connectivity index (χ2v) is 5.17. The fraction of sp³-hybridized carbons (Fsp3) is 0.571. The highest BCUT2D eigenvalue weighted by molar-refractivity contribution is 5.18. The van der Waals surface area contributed by atoms with Gasteiger partial charge in [0.05, 0.1) is 6.10 Å². The van der Waals surface area contributed by atoms with Crippen LogP contribution in [0.4, 0.5) is 4.39 Å². The molecule has 0 bridgehead atoms. The van der Waals surface area contributed by atoms with Crippen molar-refractivity contribution in [3.05, 3.63) is 35.6 Å². The lowest BCUT2D eigenvalue weighted by molar-refractivity contribution is 0.0417. The van der Waals surface area contributed by atoms with Gasteiger partial charge in [-0.3, -0.25) is 0 Å². The normalized spacial score (nSPS) is 20.9. The molecule has 16 heavy (non-hydrogen) atoms. The average molecular weight is 222 g/mol. The summed E-state index contributed by atoms with van der Waals surface area (Å²) < 4.78 is 13.5. The fourth-order valence-electron chi connectivity index (χ4n) is 2.63. The number of benzene rings is 1. The minimum atomic E-state index is -0.424. The van der Waals surface area contributed by atoms with Gasteiger partial charge in [-0.15, -0.1) is 0 Å². The SMILES string of the molecule is CC1(C(O)Cc2ccccc2F)CCCC1. The molecule has 1 aliphatic rings. The van der Waals surface area contributed by atoms with Crippen LogP contribution >= 0.6 is 0 Å². The molecule has 0 spiro atoms. The van der Waals surface area contributed by atoms with Crippen LogP contribution in [0.3, 0.4) is 0 Å². The standard InChI is InChI=1S/C14H19FO/c1-14(8-4-5-9-14)13(16)10-11-6-2-3-7-12(11)15/h2-3,6-7,13,16H,4-5,8-10H2,1H3. The topological polar surface area (TPSA) is 20.2 Å². The van der Waals surface area contributed by atoms with Crippen molar-refractivity contribution in [2.75, 3.05) is 0 Å². The Balaban J connectivity index is 2.07. The van der Waals surface area contributed by atoms with Gasteiger partial charge in [0.15, 0.2) is 0 Å². The third-order valence-corrected chi connectivity index (χ3v) is 3.92. The molecule has 0 heterocycles. The fourth-order valence-corrected chi connectivity index (χ4v) is 2.63. The molecule has 0 aromatic heterocycles. The highest BCUT2D eigenvalue weighted by Crippen LogP contribution is 2.41. The molecule has 1 atom stereocenters. The van der Waals surface area contributed by atoms with E-state index in [2.05, 4.69) is 6.92 Å². The number of halogens is 1. The van der Waals surface area contributed by atoms with Gasteiger partial charge in [-0.05, 0) is 29.9 Å². The van der Waals surface area contributed by atoms with E-state index in [0.717, 1.165) is 12.8 Å². The lowest BCUT2D eigenvalue weighted by Gasteiger charge is -2.30. The zero-order valence-corrected chi connectivity index (χ0v) is 9.75. The smallest absolute Gasteiger partial charge is 0.126 e. The van der Waals surface area contributed by atoms with E-state index in [1.165, 1.54) is 18.9 Å². The van der Waals surface area contributed by atoms with Crippen molar-refractivity contribution in [3.63, 3.8) is 0 Å². The Morgan fingerprint density at radius 3 is 2.56 bits per heavy atom. The third-order valence-electron chi connectivity index (χ3n) is 3.92. The summed E-state index contributed by atoms with van der Waals surface area (Å²) >= 11 is 0. The first-order valence-electron chi connectivity index (χ1n) is 6.03. The van der Waals surface area contributed by atoms with E-state index in [-0.39, 0.29) is 11.2 Å². The van der Waals surface area contributed by atoms with Crippen LogP contribution in [0.15, 0.2) is 24.3 Å². The molecule has 1 aromatic rings. The Bertz CT molecular complexity index is 356. The van der Waals surface area contributed by atoms with Crippen LogP contribution in [-0.2, 0) is 6.42 Å². The van der Waals surface area contributed by atoms with Gasteiger partial charge in [0, 0.05) is 6.42 Å². The quantitative estimate of drug-likeness (QED) is 0.832. The Morgan fingerprint density at radius 1 is 1.31 bits per heavy atom. The van der Waals surface area contributed by atoms with Gasteiger partial charge in [0.2, 0.25) is 0 Å². The predicted molar refractivity (Wildman–Crippen MR) is 62.7 cm³/mol. The van der Waals surface area contributed by atoms with Crippen LogP contribution in [0.25, 0.3) is 0 Å². The minimum Gasteiger partial charge on any atom is -0.392 e. The van der Waals surface area contributed by atoms with E-state index in [0.29, 0.717) is 12.0 Å². The molecule has 2 heteroatoms. The molecule has 1 aliphatic carbocycles. The lowest BCUT2D eigenvalue weighted by atomic mass is 9.80. The first kappa shape index (κ1) is 11.6. The number of aliphatic hydroxyl groups excluding tert-OH is 1. The Morgan fingerprint density at radius 2 is 1.94 bits per heavy atom. The van der Waals surface area contributed by atoms with Crippen LogP contribution in [0.5, 0.6) is 0 Å². The summed E-state index contributed by atoms with van der Waals surface area (Å²) in [5.41, 5.74) is 0.616. The number of hydrogen-bond acceptors (Lipinski definition) is 1. The van der Waals surface area contributed by atoms with Gasteiger partial charge in [-0.1, -0.05) is 38.0 Å². The molecule has 1 N–H and O–H groups in total. The van der Waals surface area contributed by atoms with Crippen LogP contribution < -0.4 is 0 Å². The molecule has 0 aliphatic heterocycles. The van der Waals surface area contributed by atoms with Crippen molar-refractivity contribution in [1.82, 2.24) is 0 Å². The zero-order valence-electron chi connectivity index (χ0n) is 9.75. The zero-order chi connectivity index (χ0) is 11.6.